The van der Waals surface area contributed by atoms with E-state index in [0.717, 1.165) is 6.07 Å². The summed E-state index contributed by atoms with van der Waals surface area (Å²) in [5.74, 6) is -2.26. The Morgan fingerprint density at radius 1 is 1.38 bits per heavy atom. The fourth-order valence-electron chi connectivity index (χ4n) is 1.21. The van der Waals surface area contributed by atoms with E-state index >= 15 is 0 Å². The maximum Gasteiger partial charge on any atom is 0.325 e. The Kier molecular flexibility index (Phi) is 3.60. The van der Waals surface area contributed by atoms with E-state index < -0.39 is 23.7 Å². The highest BCUT2D eigenvalue weighted by Gasteiger charge is 2.15. The van der Waals surface area contributed by atoms with Crippen molar-refractivity contribution >= 4 is 11.9 Å². The summed E-state index contributed by atoms with van der Waals surface area (Å²) in [6.07, 6.45) is 0. The predicted octanol–water partition coefficient (Wildman–Crippen LogP) is 1.34. The van der Waals surface area contributed by atoms with Crippen LogP contribution in [0.15, 0.2) is 18.2 Å². The summed E-state index contributed by atoms with van der Waals surface area (Å²) in [4.78, 5) is 22.0. The van der Waals surface area contributed by atoms with Gasteiger partial charge >= 0.3 is 5.97 Å². The van der Waals surface area contributed by atoms with E-state index in [4.69, 9.17) is 5.11 Å². The van der Waals surface area contributed by atoms with E-state index in [9.17, 15) is 14.0 Å². The van der Waals surface area contributed by atoms with Gasteiger partial charge in [0.1, 0.15) is 11.9 Å². The fraction of sp³-hybridized carbons (Fsp3) is 0.273. The molecular formula is C11H12FNO3. The summed E-state index contributed by atoms with van der Waals surface area (Å²) in [6, 6.07) is 2.84. The van der Waals surface area contributed by atoms with Crippen LogP contribution in [0.2, 0.25) is 0 Å². The Bertz CT molecular complexity index is 411. The van der Waals surface area contributed by atoms with Crippen LogP contribution in [0, 0.1) is 12.7 Å². The molecule has 5 heteroatoms. The standard InChI is InChI=1S/C11H12FNO3/c1-6-3-8(5-9(12)4-6)10(14)13-7(2)11(15)16/h3-5,7H,1-2H3,(H,13,14)(H,15,16)/t7-/m0/s1. The van der Waals surface area contributed by atoms with E-state index in [1.54, 1.807) is 6.92 Å². The first kappa shape index (κ1) is 12.2. The van der Waals surface area contributed by atoms with Crippen LogP contribution in [0.3, 0.4) is 0 Å². The number of aryl methyl sites for hydroxylation is 1. The summed E-state index contributed by atoms with van der Waals surface area (Å²) >= 11 is 0. The number of amides is 1. The Labute approximate surface area is 92.1 Å². The second-order valence-electron chi connectivity index (χ2n) is 3.55. The van der Waals surface area contributed by atoms with Gasteiger partial charge in [-0.1, -0.05) is 0 Å². The minimum atomic E-state index is -1.14. The van der Waals surface area contributed by atoms with E-state index in [-0.39, 0.29) is 5.56 Å². The van der Waals surface area contributed by atoms with Gasteiger partial charge in [0.2, 0.25) is 0 Å². The van der Waals surface area contributed by atoms with Crippen LogP contribution < -0.4 is 5.32 Å². The number of benzene rings is 1. The van der Waals surface area contributed by atoms with Crippen LogP contribution in [-0.2, 0) is 4.79 Å². The monoisotopic (exact) mass is 225 g/mol. The van der Waals surface area contributed by atoms with Gasteiger partial charge in [-0.15, -0.1) is 0 Å². The van der Waals surface area contributed by atoms with Gasteiger partial charge < -0.3 is 10.4 Å². The van der Waals surface area contributed by atoms with Crippen molar-refractivity contribution in [3.63, 3.8) is 0 Å². The zero-order valence-corrected chi connectivity index (χ0v) is 8.95. The lowest BCUT2D eigenvalue weighted by Gasteiger charge is -2.09. The highest BCUT2D eigenvalue weighted by atomic mass is 19.1. The van der Waals surface area contributed by atoms with Crippen LogP contribution in [-0.4, -0.2) is 23.0 Å². The first-order chi connectivity index (χ1) is 7.40. The third-order valence-corrected chi connectivity index (χ3v) is 2.02. The smallest absolute Gasteiger partial charge is 0.325 e. The molecule has 0 saturated heterocycles. The number of rotatable bonds is 3. The molecule has 0 heterocycles. The highest BCUT2D eigenvalue weighted by molar-refractivity contribution is 5.96. The molecule has 0 aromatic heterocycles. The number of carboxylic acid groups (broad SMARTS) is 1. The van der Waals surface area contributed by atoms with E-state index in [0.29, 0.717) is 5.56 Å². The molecule has 1 amide bonds. The second kappa shape index (κ2) is 4.74. The van der Waals surface area contributed by atoms with Gasteiger partial charge in [-0.05, 0) is 37.6 Å². The first-order valence-corrected chi connectivity index (χ1v) is 4.71. The number of hydrogen-bond donors (Lipinski definition) is 2. The largest absolute Gasteiger partial charge is 0.480 e. The zero-order chi connectivity index (χ0) is 12.3. The van der Waals surface area contributed by atoms with Gasteiger partial charge in [0.25, 0.3) is 5.91 Å². The predicted molar refractivity (Wildman–Crippen MR) is 55.7 cm³/mol. The molecule has 0 spiro atoms. The number of aliphatic carboxylic acids is 1. The maximum atomic E-state index is 13.0. The molecule has 0 aliphatic carbocycles. The number of nitrogens with one attached hydrogen (secondary N) is 1. The molecular weight excluding hydrogens is 213 g/mol. The lowest BCUT2D eigenvalue weighted by Crippen LogP contribution is -2.38. The highest BCUT2D eigenvalue weighted by Crippen LogP contribution is 2.08. The number of halogens is 1. The van der Waals surface area contributed by atoms with Gasteiger partial charge in [0, 0.05) is 5.56 Å². The lowest BCUT2D eigenvalue weighted by atomic mass is 10.1. The summed E-state index contributed by atoms with van der Waals surface area (Å²) in [6.45, 7) is 2.99. The Hall–Kier alpha value is -1.91. The normalized spacial score (nSPS) is 11.9. The van der Waals surface area contributed by atoms with Crippen molar-refractivity contribution < 1.29 is 19.1 Å². The molecule has 0 fully saturated rings. The van der Waals surface area contributed by atoms with Gasteiger partial charge in [-0.3, -0.25) is 9.59 Å². The molecule has 86 valence electrons. The second-order valence-corrected chi connectivity index (χ2v) is 3.55. The molecule has 0 unspecified atom stereocenters. The minimum absolute atomic E-state index is 0.116. The lowest BCUT2D eigenvalue weighted by molar-refractivity contribution is -0.138. The molecule has 0 radical (unpaired) electrons. The Morgan fingerprint density at radius 2 is 2.00 bits per heavy atom. The van der Waals surface area contributed by atoms with E-state index in [1.165, 1.54) is 19.1 Å². The molecule has 4 nitrogen and oxygen atoms in total. The zero-order valence-electron chi connectivity index (χ0n) is 8.95. The summed E-state index contributed by atoms with van der Waals surface area (Å²) < 4.78 is 13.0. The Balaban J connectivity index is 2.84. The molecule has 2 N–H and O–H groups in total. The summed E-state index contributed by atoms with van der Waals surface area (Å²) in [5, 5.41) is 10.8. The van der Waals surface area contributed by atoms with Crippen LogP contribution in [0.5, 0.6) is 0 Å². The molecule has 1 aromatic carbocycles. The third kappa shape index (κ3) is 3.05. The average Bonchev–Trinajstić information content (AvgIpc) is 2.15. The molecule has 0 saturated carbocycles. The van der Waals surface area contributed by atoms with Crippen molar-refractivity contribution in [2.24, 2.45) is 0 Å². The molecule has 16 heavy (non-hydrogen) atoms. The van der Waals surface area contributed by atoms with Crippen molar-refractivity contribution in [3.05, 3.63) is 35.1 Å². The average molecular weight is 225 g/mol. The molecule has 0 bridgehead atoms. The first-order valence-electron chi connectivity index (χ1n) is 4.71. The van der Waals surface area contributed by atoms with Gasteiger partial charge in [-0.25, -0.2) is 4.39 Å². The van der Waals surface area contributed by atoms with Gasteiger partial charge in [0.05, 0.1) is 0 Å². The Morgan fingerprint density at radius 3 is 2.50 bits per heavy atom. The molecule has 1 aromatic rings. The molecule has 0 aliphatic rings. The van der Waals surface area contributed by atoms with Crippen LogP contribution in [0.1, 0.15) is 22.8 Å². The number of carbonyl (C=O) groups is 2. The number of carbonyl (C=O) groups excluding carboxylic acids is 1. The van der Waals surface area contributed by atoms with E-state index in [1.807, 2.05) is 0 Å². The minimum Gasteiger partial charge on any atom is -0.480 e. The quantitative estimate of drug-likeness (QED) is 0.815. The van der Waals surface area contributed by atoms with Crippen LogP contribution >= 0.6 is 0 Å². The summed E-state index contributed by atoms with van der Waals surface area (Å²) in [7, 11) is 0. The summed E-state index contributed by atoms with van der Waals surface area (Å²) in [5.41, 5.74) is 0.721. The molecule has 0 aliphatic heterocycles. The third-order valence-electron chi connectivity index (χ3n) is 2.02. The van der Waals surface area contributed by atoms with Crippen molar-refractivity contribution in [3.8, 4) is 0 Å². The topological polar surface area (TPSA) is 66.4 Å². The maximum absolute atomic E-state index is 13.0. The van der Waals surface area contributed by atoms with Crippen molar-refractivity contribution in [2.75, 3.05) is 0 Å². The number of hydrogen-bond acceptors (Lipinski definition) is 2. The van der Waals surface area contributed by atoms with Gasteiger partial charge in [0.15, 0.2) is 0 Å². The van der Waals surface area contributed by atoms with Gasteiger partial charge in [-0.2, -0.15) is 0 Å². The number of carboxylic acids is 1. The van der Waals surface area contributed by atoms with Crippen LogP contribution in [0.25, 0.3) is 0 Å². The molecule has 1 atom stereocenters. The van der Waals surface area contributed by atoms with Crippen LogP contribution in [0.4, 0.5) is 4.39 Å². The van der Waals surface area contributed by atoms with Crippen molar-refractivity contribution in [1.29, 1.82) is 0 Å². The van der Waals surface area contributed by atoms with Crippen molar-refractivity contribution in [1.82, 2.24) is 5.32 Å². The SMILES string of the molecule is Cc1cc(F)cc(C(=O)N[C@@H](C)C(=O)O)c1. The fourth-order valence-corrected chi connectivity index (χ4v) is 1.21. The van der Waals surface area contributed by atoms with E-state index in [2.05, 4.69) is 5.32 Å². The molecule has 1 rings (SSSR count). The van der Waals surface area contributed by atoms with Crippen molar-refractivity contribution in [2.45, 2.75) is 19.9 Å².